The molecule has 0 bridgehead atoms. The second-order valence-electron chi connectivity index (χ2n) is 3.97. The summed E-state index contributed by atoms with van der Waals surface area (Å²) >= 11 is 5.86. The molecule has 0 spiro atoms. The van der Waals surface area contributed by atoms with Gasteiger partial charge in [-0.2, -0.15) is 0 Å². The van der Waals surface area contributed by atoms with Crippen molar-refractivity contribution in [3.8, 4) is 0 Å². The van der Waals surface area contributed by atoms with Crippen molar-refractivity contribution in [1.82, 2.24) is 0 Å². The van der Waals surface area contributed by atoms with E-state index in [1.54, 1.807) is 12.1 Å². The van der Waals surface area contributed by atoms with Gasteiger partial charge in [0.15, 0.2) is 5.78 Å². The number of halogens is 3. The van der Waals surface area contributed by atoms with Gasteiger partial charge in [-0.25, -0.2) is 8.78 Å². The average Bonchev–Trinajstić information content (AvgIpc) is 2.38. The lowest BCUT2D eigenvalue weighted by Crippen LogP contribution is -2.12. The Morgan fingerprint density at radius 3 is 2.50 bits per heavy atom. The maximum Gasteiger partial charge on any atom is 0.177 e. The summed E-state index contributed by atoms with van der Waals surface area (Å²) in [4.78, 5) is 11.8. The van der Waals surface area contributed by atoms with Gasteiger partial charge in [-0.05, 0) is 24.3 Å². The van der Waals surface area contributed by atoms with Crippen molar-refractivity contribution >= 4 is 28.2 Å². The maximum atomic E-state index is 13.5. The van der Waals surface area contributed by atoms with Crippen LogP contribution in [0.5, 0.6) is 0 Å². The van der Waals surface area contributed by atoms with Crippen LogP contribution in [0.4, 0.5) is 8.78 Å². The highest BCUT2D eigenvalue weighted by molar-refractivity contribution is 7.85. The summed E-state index contributed by atoms with van der Waals surface area (Å²) in [5.74, 6) is -2.57. The molecule has 0 aliphatic rings. The van der Waals surface area contributed by atoms with Crippen LogP contribution in [0.15, 0.2) is 47.4 Å². The van der Waals surface area contributed by atoms with Crippen LogP contribution >= 0.6 is 11.6 Å². The minimum Gasteiger partial charge on any atom is -0.293 e. The topological polar surface area (TPSA) is 34.1 Å². The van der Waals surface area contributed by atoms with E-state index in [4.69, 9.17) is 11.6 Å². The standard InChI is InChI=1S/C14H9ClF2O2S/c15-11-4-2-1-3-10(11)13(18)8-20(19)14-6-5-9(16)7-12(14)17/h1-7H,8H2. The molecule has 6 heteroatoms. The van der Waals surface area contributed by atoms with Crippen molar-refractivity contribution in [2.75, 3.05) is 5.75 Å². The molecule has 2 aromatic rings. The first-order valence-electron chi connectivity index (χ1n) is 5.60. The molecule has 0 aromatic heterocycles. The second-order valence-corrected chi connectivity index (χ2v) is 5.79. The van der Waals surface area contributed by atoms with E-state index in [0.29, 0.717) is 6.07 Å². The highest BCUT2D eigenvalue weighted by Gasteiger charge is 2.17. The van der Waals surface area contributed by atoms with Gasteiger partial charge in [-0.1, -0.05) is 23.7 Å². The monoisotopic (exact) mass is 314 g/mol. The number of rotatable bonds is 4. The molecular formula is C14H9ClF2O2S. The summed E-state index contributed by atoms with van der Waals surface area (Å²) in [6.07, 6.45) is 0. The Bertz CT molecular complexity index is 689. The molecule has 0 amide bonds. The predicted molar refractivity (Wildman–Crippen MR) is 73.4 cm³/mol. The highest BCUT2D eigenvalue weighted by atomic mass is 35.5. The first-order chi connectivity index (χ1) is 9.49. The van der Waals surface area contributed by atoms with E-state index < -0.39 is 34.0 Å². The third-order valence-corrected chi connectivity index (χ3v) is 4.25. The van der Waals surface area contributed by atoms with Gasteiger partial charge in [-0.3, -0.25) is 9.00 Å². The van der Waals surface area contributed by atoms with Crippen molar-refractivity contribution in [2.24, 2.45) is 0 Å². The lowest BCUT2D eigenvalue weighted by Gasteiger charge is -2.05. The summed E-state index contributed by atoms with van der Waals surface area (Å²) in [6, 6.07) is 9.03. The first kappa shape index (κ1) is 14.8. The lowest BCUT2D eigenvalue weighted by molar-refractivity contribution is 0.102. The molecule has 20 heavy (non-hydrogen) atoms. The van der Waals surface area contributed by atoms with Gasteiger partial charge in [0.1, 0.15) is 11.6 Å². The van der Waals surface area contributed by atoms with Crippen LogP contribution in [-0.4, -0.2) is 15.7 Å². The summed E-state index contributed by atoms with van der Waals surface area (Å²) < 4.78 is 38.2. The van der Waals surface area contributed by atoms with Crippen molar-refractivity contribution < 1.29 is 17.8 Å². The van der Waals surface area contributed by atoms with Gasteiger partial charge in [0.25, 0.3) is 0 Å². The van der Waals surface area contributed by atoms with Gasteiger partial charge in [0.2, 0.25) is 0 Å². The molecule has 2 rings (SSSR count). The molecular weight excluding hydrogens is 306 g/mol. The molecule has 0 aliphatic heterocycles. The van der Waals surface area contributed by atoms with Gasteiger partial charge in [0.05, 0.1) is 26.5 Å². The summed E-state index contributed by atoms with van der Waals surface area (Å²) in [5, 5.41) is 0.245. The quantitative estimate of drug-likeness (QED) is 0.808. The highest BCUT2D eigenvalue weighted by Crippen LogP contribution is 2.18. The van der Waals surface area contributed by atoms with Crippen LogP contribution in [0.3, 0.4) is 0 Å². The van der Waals surface area contributed by atoms with E-state index in [2.05, 4.69) is 0 Å². The zero-order valence-electron chi connectivity index (χ0n) is 10.1. The SMILES string of the molecule is O=C(CS(=O)c1ccc(F)cc1F)c1ccccc1Cl. The zero-order chi connectivity index (χ0) is 14.7. The number of carbonyl (C=O) groups excluding carboxylic acids is 1. The first-order valence-corrected chi connectivity index (χ1v) is 7.30. The Morgan fingerprint density at radius 2 is 1.85 bits per heavy atom. The van der Waals surface area contributed by atoms with E-state index in [1.807, 2.05) is 0 Å². The van der Waals surface area contributed by atoms with Crippen molar-refractivity contribution in [1.29, 1.82) is 0 Å². The third-order valence-electron chi connectivity index (χ3n) is 2.58. The van der Waals surface area contributed by atoms with Crippen LogP contribution in [0.25, 0.3) is 0 Å². The minimum absolute atomic E-state index is 0.202. The summed E-state index contributed by atoms with van der Waals surface area (Å²) in [7, 11) is -1.89. The summed E-state index contributed by atoms with van der Waals surface area (Å²) in [5.41, 5.74) is 0.227. The van der Waals surface area contributed by atoms with Crippen LogP contribution in [0.1, 0.15) is 10.4 Å². The Kier molecular flexibility index (Phi) is 4.62. The molecule has 0 N–H and O–H groups in total. The number of hydrogen-bond acceptors (Lipinski definition) is 2. The van der Waals surface area contributed by atoms with E-state index in [0.717, 1.165) is 12.1 Å². The van der Waals surface area contributed by atoms with Crippen LogP contribution < -0.4 is 0 Å². The van der Waals surface area contributed by atoms with E-state index >= 15 is 0 Å². The molecule has 0 aliphatic carbocycles. The molecule has 0 radical (unpaired) electrons. The summed E-state index contributed by atoms with van der Waals surface area (Å²) in [6.45, 7) is 0. The average molecular weight is 315 g/mol. The zero-order valence-corrected chi connectivity index (χ0v) is 11.7. The minimum atomic E-state index is -1.89. The predicted octanol–water partition coefficient (Wildman–Crippen LogP) is 3.61. The number of benzene rings is 2. The van der Waals surface area contributed by atoms with Gasteiger partial charge < -0.3 is 0 Å². The molecule has 0 saturated heterocycles. The smallest absolute Gasteiger partial charge is 0.177 e. The van der Waals surface area contributed by atoms with Crippen LogP contribution in [0, 0.1) is 11.6 Å². The van der Waals surface area contributed by atoms with E-state index in [-0.39, 0.29) is 15.5 Å². The largest absolute Gasteiger partial charge is 0.293 e. The molecule has 104 valence electrons. The number of ketones is 1. The molecule has 2 nitrogen and oxygen atoms in total. The van der Waals surface area contributed by atoms with Crippen molar-refractivity contribution in [3.63, 3.8) is 0 Å². The molecule has 0 saturated carbocycles. The normalized spacial score (nSPS) is 12.2. The molecule has 1 unspecified atom stereocenters. The van der Waals surface area contributed by atoms with Crippen molar-refractivity contribution in [3.05, 3.63) is 64.7 Å². The third kappa shape index (κ3) is 3.29. The fourth-order valence-electron chi connectivity index (χ4n) is 1.62. The number of hydrogen-bond donors (Lipinski definition) is 0. The van der Waals surface area contributed by atoms with Gasteiger partial charge in [0, 0.05) is 11.6 Å². The Balaban J connectivity index is 2.20. The molecule has 0 heterocycles. The fourth-order valence-corrected chi connectivity index (χ4v) is 2.91. The van der Waals surface area contributed by atoms with Crippen LogP contribution in [-0.2, 0) is 10.8 Å². The Hall–Kier alpha value is -1.59. The maximum absolute atomic E-state index is 13.5. The lowest BCUT2D eigenvalue weighted by atomic mass is 10.1. The second kappa shape index (κ2) is 6.24. The molecule has 1 atom stereocenters. The molecule has 2 aromatic carbocycles. The number of carbonyl (C=O) groups is 1. The molecule has 0 fully saturated rings. The van der Waals surface area contributed by atoms with E-state index in [9.17, 15) is 17.8 Å². The fraction of sp³-hybridized carbons (Fsp3) is 0.0714. The Morgan fingerprint density at radius 1 is 1.15 bits per heavy atom. The van der Waals surface area contributed by atoms with Crippen molar-refractivity contribution in [2.45, 2.75) is 4.90 Å². The van der Waals surface area contributed by atoms with E-state index in [1.165, 1.54) is 12.1 Å². The number of Topliss-reactive ketones (excluding diaryl/α,β-unsaturated/α-hetero) is 1. The van der Waals surface area contributed by atoms with Gasteiger partial charge in [-0.15, -0.1) is 0 Å². The van der Waals surface area contributed by atoms with Crippen LogP contribution in [0.2, 0.25) is 5.02 Å². The van der Waals surface area contributed by atoms with Gasteiger partial charge >= 0.3 is 0 Å². The Labute approximate surface area is 121 Å².